The lowest BCUT2D eigenvalue weighted by Gasteiger charge is -2.15. The molecule has 1 amide bonds. The molecule has 0 saturated carbocycles. The van der Waals surface area contributed by atoms with Crippen LogP contribution in [0.4, 0.5) is 5.69 Å². The molecule has 2 rings (SSSR count). The second-order valence-electron chi connectivity index (χ2n) is 7.21. The highest BCUT2D eigenvalue weighted by Gasteiger charge is 2.11. The lowest BCUT2D eigenvalue weighted by atomic mass is 10.0. The molecule has 0 spiro atoms. The van der Waals surface area contributed by atoms with Crippen LogP contribution < -0.4 is 15.4 Å². The monoisotopic (exact) mass is 384 g/mol. The van der Waals surface area contributed by atoms with Gasteiger partial charge in [0.25, 0.3) is 5.91 Å². The SMILES string of the molecule is CC(C)CCOc1cccc(C(=O)NC(=S)Nc2ccccc2C(C)C)c1. The molecule has 0 heterocycles. The van der Waals surface area contributed by atoms with Crippen molar-refractivity contribution in [3.8, 4) is 5.75 Å². The zero-order valence-electron chi connectivity index (χ0n) is 16.4. The first-order valence-corrected chi connectivity index (χ1v) is 9.71. The summed E-state index contributed by atoms with van der Waals surface area (Å²) in [6, 6.07) is 15.1. The van der Waals surface area contributed by atoms with Gasteiger partial charge in [0.1, 0.15) is 5.75 Å². The molecule has 0 aliphatic heterocycles. The molecule has 2 aromatic carbocycles. The van der Waals surface area contributed by atoms with Gasteiger partial charge in [-0.15, -0.1) is 0 Å². The van der Waals surface area contributed by atoms with E-state index in [0.717, 1.165) is 17.7 Å². The first-order valence-electron chi connectivity index (χ1n) is 9.31. The summed E-state index contributed by atoms with van der Waals surface area (Å²) >= 11 is 5.32. The quantitative estimate of drug-likeness (QED) is 0.631. The molecular formula is C22H28N2O2S. The number of carbonyl (C=O) groups excluding carboxylic acids is 1. The van der Waals surface area contributed by atoms with Gasteiger partial charge in [0.15, 0.2) is 5.11 Å². The molecule has 0 radical (unpaired) electrons. The van der Waals surface area contributed by atoms with E-state index in [1.165, 1.54) is 0 Å². The van der Waals surface area contributed by atoms with Gasteiger partial charge in [-0.25, -0.2) is 0 Å². The predicted octanol–water partition coefficient (Wildman–Crippen LogP) is 5.36. The first kappa shape index (κ1) is 20.9. The number of amides is 1. The summed E-state index contributed by atoms with van der Waals surface area (Å²) in [6.07, 6.45) is 0.972. The average Bonchev–Trinajstić information content (AvgIpc) is 2.61. The number of anilines is 1. The number of nitrogens with one attached hydrogen (secondary N) is 2. The molecule has 4 nitrogen and oxygen atoms in total. The summed E-state index contributed by atoms with van der Waals surface area (Å²) in [7, 11) is 0. The van der Waals surface area contributed by atoms with Gasteiger partial charge in [-0.3, -0.25) is 10.1 Å². The van der Waals surface area contributed by atoms with Crippen LogP contribution in [0.5, 0.6) is 5.75 Å². The Hall–Kier alpha value is -2.40. The highest BCUT2D eigenvalue weighted by molar-refractivity contribution is 7.80. The number of carbonyl (C=O) groups is 1. The topological polar surface area (TPSA) is 50.4 Å². The molecule has 0 saturated heterocycles. The molecule has 5 heteroatoms. The minimum Gasteiger partial charge on any atom is -0.494 e. The molecule has 2 N–H and O–H groups in total. The van der Waals surface area contributed by atoms with Crippen LogP contribution in [0, 0.1) is 5.92 Å². The van der Waals surface area contributed by atoms with Crippen molar-refractivity contribution in [1.29, 1.82) is 0 Å². The van der Waals surface area contributed by atoms with Crippen molar-refractivity contribution in [2.45, 2.75) is 40.0 Å². The number of benzene rings is 2. The normalized spacial score (nSPS) is 10.7. The lowest BCUT2D eigenvalue weighted by molar-refractivity contribution is 0.0977. The Bertz CT molecular complexity index is 787. The van der Waals surface area contributed by atoms with Gasteiger partial charge < -0.3 is 10.1 Å². The van der Waals surface area contributed by atoms with Crippen LogP contribution in [-0.2, 0) is 0 Å². The van der Waals surface area contributed by atoms with Crippen LogP contribution in [0.15, 0.2) is 48.5 Å². The lowest BCUT2D eigenvalue weighted by Crippen LogP contribution is -2.34. The van der Waals surface area contributed by atoms with Crippen LogP contribution in [0.1, 0.15) is 56.0 Å². The Kier molecular flexibility index (Phi) is 7.80. The van der Waals surface area contributed by atoms with E-state index in [9.17, 15) is 4.79 Å². The molecule has 0 aromatic heterocycles. The third-order valence-corrected chi connectivity index (χ3v) is 4.32. The van der Waals surface area contributed by atoms with Gasteiger partial charge in [0, 0.05) is 11.3 Å². The third-order valence-electron chi connectivity index (χ3n) is 4.12. The van der Waals surface area contributed by atoms with Crippen molar-refractivity contribution >= 4 is 28.9 Å². The Morgan fingerprint density at radius 2 is 1.81 bits per heavy atom. The van der Waals surface area contributed by atoms with Crippen LogP contribution in [0.25, 0.3) is 0 Å². The van der Waals surface area contributed by atoms with Gasteiger partial charge >= 0.3 is 0 Å². The Balaban J connectivity index is 1.97. The van der Waals surface area contributed by atoms with E-state index in [2.05, 4.69) is 44.4 Å². The third kappa shape index (κ3) is 6.68. The van der Waals surface area contributed by atoms with E-state index in [1.54, 1.807) is 12.1 Å². The van der Waals surface area contributed by atoms with Crippen molar-refractivity contribution in [3.63, 3.8) is 0 Å². The van der Waals surface area contributed by atoms with E-state index >= 15 is 0 Å². The average molecular weight is 385 g/mol. The highest BCUT2D eigenvalue weighted by atomic mass is 32.1. The summed E-state index contributed by atoms with van der Waals surface area (Å²) in [5.41, 5.74) is 2.57. The standard InChI is InChI=1S/C22H28N2O2S/c1-15(2)12-13-26-18-9-7-8-17(14-18)21(25)24-22(27)23-20-11-6-5-10-19(20)16(3)4/h5-11,14-16H,12-13H2,1-4H3,(H2,23,24,25,27). The number of ether oxygens (including phenoxy) is 1. The van der Waals surface area contributed by atoms with Gasteiger partial charge in [-0.2, -0.15) is 0 Å². The van der Waals surface area contributed by atoms with Gasteiger partial charge in [-0.05, 0) is 60.3 Å². The summed E-state index contributed by atoms with van der Waals surface area (Å²) < 4.78 is 5.72. The number of rotatable bonds is 7. The zero-order chi connectivity index (χ0) is 19.8. The van der Waals surface area contributed by atoms with Gasteiger partial charge in [-0.1, -0.05) is 52.0 Å². The molecule has 27 heavy (non-hydrogen) atoms. The van der Waals surface area contributed by atoms with Gasteiger partial charge in [0.2, 0.25) is 0 Å². The smallest absolute Gasteiger partial charge is 0.257 e. The van der Waals surface area contributed by atoms with E-state index < -0.39 is 0 Å². The number of thiocarbonyl (C=S) groups is 1. The maximum atomic E-state index is 12.5. The molecule has 0 fully saturated rings. The first-order chi connectivity index (χ1) is 12.9. The minimum absolute atomic E-state index is 0.260. The minimum atomic E-state index is -0.260. The van der Waals surface area contributed by atoms with E-state index in [0.29, 0.717) is 29.8 Å². The second kappa shape index (κ2) is 10.1. The largest absolute Gasteiger partial charge is 0.494 e. The molecule has 0 unspecified atom stereocenters. The summed E-state index contributed by atoms with van der Waals surface area (Å²) in [5, 5.41) is 6.14. The van der Waals surface area contributed by atoms with Crippen LogP contribution in [-0.4, -0.2) is 17.6 Å². The predicted molar refractivity (Wildman–Crippen MR) is 116 cm³/mol. The van der Waals surface area contributed by atoms with Crippen molar-refractivity contribution in [3.05, 3.63) is 59.7 Å². The second-order valence-corrected chi connectivity index (χ2v) is 7.62. The van der Waals surface area contributed by atoms with E-state index in [1.807, 2.05) is 30.3 Å². The molecule has 0 bridgehead atoms. The maximum absolute atomic E-state index is 12.5. The Morgan fingerprint density at radius 3 is 2.52 bits per heavy atom. The number of para-hydroxylation sites is 1. The maximum Gasteiger partial charge on any atom is 0.257 e. The molecule has 144 valence electrons. The molecular weight excluding hydrogens is 356 g/mol. The zero-order valence-corrected chi connectivity index (χ0v) is 17.2. The van der Waals surface area contributed by atoms with E-state index in [-0.39, 0.29) is 11.0 Å². The number of hydrogen-bond acceptors (Lipinski definition) is 3. The Labute approximate surface area is 167 Å². The highest BCUT2D eigenvalue weighted by Crippen LogP contribution is 2.23. The molecule has 0 aliphatic carbocycles. The molecule has 0 aliphatic rings. The fourth-order valence-electron chi connectivity index (χ4n) is 2.58. The molecule has 2 aromatic rings. The fraction of sp³-hybridized carbons (Fsp3) is 0.364. The van der Waals surface area contributed by atoms with E-state index in [4.69, 9.17) is 17.0 Å². The number of hydrogen-bond donors (Lipinski definition) is 2. The van der Waals surface area contributed by atoms with Crippen molar-refractivity contribution in [2.75, 3.05) is 11.9 Å². The Morgan fingerprint density at radius 1 is 1.07 bits per heavy atom. The van der Waals surface area contributed by atoms with Crippen molar-refractivity contribution < 1.29 is 9.53 Å². The summed E-state index contributed by atoms with van der Waals surface area (Å²) in [4.78, 5) is 12.5. The van der Waals surface area contributed by atoms with Crippen LogP contribution in [0.3, 0.4) is 0 Å². The van der Waals surface area contributed by atoms with Crippen molar-refractivity contribution in [1.82, 2.24) is 5.32 Å². The fourth-order valence-corrected chi connectivity index (χ4v) is 2.79. The van der Waals surface area contributed by atoms with Crippen molar-refractivity contribution in [2.24, 2.45) is 5.92 Å². The van der Waals surface area contributed by atoms with Crippen LogP contribution in [0.2, 0.25) is 0 Å². The summed E-state index contributed by atoms with van der Waals surface area (Å²) in [6.45, 7) is 9.17. The summed E-state index contributed by atoms with van der Waals surface area (Å²) in [5.74, 6) is 1.36. The van der Waals surface area contributed by atoms with Gasteiger partial charge in [0.05, 0.1) is 6.61 Å². The van der Waals surface area contributed by atoms with Crippen LogP contribution >= 0.6 is 12.2 Å². The molecule has 0 atom stereocenters.